The number of aromatic amines is 1. The largest absolute Gasteiger partial charge is 0.494 e. The molecule has 0 spiro atoms. The van der Waals surface area contributed by atoms with Gasteiger partial charge < -0.3 is 10.1 Å². The van der Waals surface area contributed by atoms with E-state index in [4.69, 9.17) is 5.11 Å². The Balaban J connectivity index is 3.09. The highest BCUT2D eigenvalue weighted by Gasteiger charge is 1.92. The molecular weight excluding hydrogens is 102 g/mol. The molecule has 0 unspecified atom stereocenters. The van der Waals surface area contributed by atoms with E-state index in [1.807, 2.05) is 0 Å². The number of H-pyrrole nitrogens is 1. The summed E-state index contributed by atoms with van der Waals surface area (Å²) in [6.45, 7) is 3.48. The Morgan fingerprint density at radius 3 is 2.75 bits per heavy atom. The minimum atomic E-state index is 0.181. The fraction of sp³-hybridized carbons (Fsp3) is 0. The lowest BCUT2D eigenvalue weighted by atomic mass is 10.3. The molecule has 0 aliphatic heterocycles. The highest BCUT2D eigenvalue weighted by molar-refractivity contribution is 5.52. The molecule has 8 heavy (non-hydrogen) atoms. The lowest BCUT2D eigenvalue weighted by Gasteiger charge is -1.83. The van der Waals surface area contributed by atoms with Crippen molar-refractivity contribution in [2.45, 2.75) is 0 Å². The molecule has 0 atom stereocenters. The average Bonchev–Trinajstić information content (AvgIpc) is 2.14. The molecule has 0 aromatic carbocycles. The Hall–Kier alpha value is -1.18. The molecule has 1 aromatic rings. The maximum atomic E-state index is 8.82. The zero-order valence-electron chi connectivity index (χ0n) is 4.39. The molecule has 0 bridgehead atoms. The van der Waals surface area contributed by atoms with Crippen LogP contribution in [0.25, 0.3) is 6.08 Å². The topological polar surface area (TPSA) is 36.0 Å². The summed E-state index contributed by atoms with van der Waals surface area (Å²) in [7, 11) is 0. The molecule has 0 aliphatic carbocycles. The molecule has 2 heteroatoms. The molecule has 0 radical (unpaired) electrons. The van der Waals surface area contributed by atoms with Crippen LogP contribution in [0.2, 0.25) is 0 Å². The van der Waals surface area contributed by atoms with E-state index in [1.54, 1.807) is 18.3 Å². The first-order valence-corrected chi connectivity index (χ1v) is 2.33. The maximum absolute atomic E-state index is 8.82. The summed E-state index contributed by atoms with van der Waals surface area (Å²) < 4.78 is 0. The van der Waals surface area contributed by atoms with Crippen LogP contribution in [-0.2, 0) is 0 Å². The van der Waals surface area contributed by atoms with Gasteiger partial charge in [-0.15, -0.1) is 0 Å². The monoisotopic (exact) mass is 109 g/mol. The third-order valence-corrected chi connectivity index (χ3v) is 0.976. The lowest BCUT2D eigenvalue weighted by Crippen LogP contribution is -1.62. The molecule has 2 N–H and O–H groups in total. The van der Waals surface area contributed by atoms with Gasteiger partial charge in [0.05, 0.1) is 0 Å². The fourth-order valence-electron chi connectivity index (χ4n) is 0.537. The minimum absolute atomic E-state index is 0.181. The minimum Gasteiger partial charge on any atom is -0.494 e. The second kappa shape index (κ2) is 1.74. The Morgan fingerprint density at radius 2 is 2.50 bits per heavy atom. The molecule has 42 valence electrons. The standard InChI is InChI=1S/C6H7NO/c1-2-5-3-4-7-6(5)8/h2-4,7-8H,1H2. The van der Waals surface area contributed by atoms with Gasteiger partial charge in [-0.3, -0.25) is 0 Å². The average molecular weight is 109 g/mol. The van der Waals surface area contributed by atoms with Crippen molar-refractivity contribution in [1.82, 2.24) is 4.98 Å². The van der Waals surface area contributed by atoms with Crippen molar-refractivity contribution >= 4 is 6.08 Å². The molecule has 2 nitrogen and oxygen atoms in total. The van der Waals surface area contributed by atoms with E-state index >= 15 is 0 Å². The van der Waals surface area contributed by atoms with Gasteiger partial charge >= 0.3 is 0 Å². The van der Waals surface area contributed by atoms with Crippen molar-refractivity contribution in [3.63, 3.8) is 0 Å². The summed E-state index contributed by atoms with van der Waals surface area (Å²) in [4.78, 5) is 2.60. The summed E-state index contributed by atoms with van der Waals surface area (Å²) >= 11 is 0. The molecular formula is C6H7NO. The number of aromatic nitrogens is 1. The molecule has 1 aromatic heterocycles. The van der Waals surface area contributed by atoms with Crippen molar-refractivity contribution in [2.75, 3.05) is 0 Å². The smallest absolute Gasteiger partial charge is 0.195 e. The summed E-state index contributed by atoms with van der Waals surface area (Å²) in [6, 6.07) is 1.75. The van der Waals surface area contributed by atoms with E-state index in [9.17, 15) is 0 Å². The second-order valence-corrected chi connectivity index (χ2v) is 1.49. The van der Waals surface area contributed by atoms with Gasteiger partial charge in [0.2, 0.25) is 0 Å². The van der Waals surface area contributed by atoms with Gasteiger partial charge in [-0.2, -0.15) is 0 Å². The van der Waals surface area contributed by atoms with E-state index in [-0.39, 0.29) is 5.88 Å². The summed E-state index contributed by atoms with van der Waals surface area (Å²) in [5.41, 5.74) is 0.741. The number of rotatable bonds is 1. The highest BCUT2D eigenvalue weighted by Crippen LogP contribution is 2.13. The van der Waals surface area contributed by atoms with Crippen LogP contribution in [0.5, 0.6) is 5.88 Å². The third-order valence-electron chi connectivity index (χ3n) is 0.976. The van der Waals surface area contributed by atoms with E-state index in [0.717, 1.165) is 5.56 Å². The number of nitrogens with one attached hydrogen (secondary N) is 1. The Bertz CT molecular complexity index is 190. The lowest BCUT2D eigenvalue weighted by molar-refractivity contribution is 0.456. The van der Waals surface area contributed by atoms with E-state index in [2.05, 4.69) is 11.6 Å². The highest BCUT2D eigenvalue weighted by atomic mass is 16.3. The number of aromatic hydroxyl groups is 1. The summed E-state index contributed by atoms with van der Waals surface area (Å²) in [5, 5.41) is 8.82. The van der Waals surface area contributed by atoms with Crippen LogP contribution in [0.3, 0.4) is 0 Å². The van der Waals surface area contributed by atoms with Crippen molar-refractivity contribution in [3.8, 4) is 5.88 Å². The van der Waals surface area contributed by atoms with E-state index in [0.29, 0.717) is 0 Å². The Labute approximate surface area is 47.5 Å². The van der Waals surface area contributed by atoms with E-state index in [1.165, 1.54) is 0 Å². The SMILES string of the molecule is C=Cc1cc[nH]c1O. The van der Waals surface area contributed by atoms with Crippen molar-refractivity contribution in [1.29, 1.82) is 0 Å². The molecule has 1 rings (SSSR count). The molecule has 0 saturated carbocycles. The van der Waals surface area contributed by atoms with E-state index < -0.39 is 0 Å². The first-order chi connectivity index (χ1) is 3.84. The van der Waals surface area contributed by atoms with Crippen LogP contribution >= 0.6 is 0 Å². The van der Waals surface area contributed by atoms with Gasteiger partial charge in [-0.25, -0.2) is 0 Å². The zero-order valence-corrected chi connectivity index (χ0v) is 4.39. The molecule has 0 amide bonds. The van der Waals surface area contributed by atoms with Gasteiger partial charge in [0.25, 0.3) is 0 Å². The van der Waals surface area contributed by atoms with Crippen LogP contribution in [0.1, 0.15) is 5.56 Å². The Morgan fingerprint density at radius 1 is 1.75 bits per heavy atom. The van der Waals surface area contributed by atoms with Crippen LogP contribution in [0.4, 0.5) is 0 Å². The van der Waals surface area contributed by atoms with Gasteiger partial charge in [-0.1, -0.05) is 12.7 Å². The molecule has 0 aliphatic rings. The fourth-order valence-corrected chi connectivity index (χ4v) is 0.537. The van der Waals surface area contributed by atoms with Crippen LogP contribution < -0.4 is 0 Å². The molecule has 1 heterocycles. The second-order valence-electron chi connectivity index (χ2n) is 1.49. The van der Waals surface area contributed by atoms with Crippen LogP contribution in [0, 0.1) is 0 Å². The van der Waals surface area contributed by atoms with Crippen molar-refractivity contribution in [2.24, 2.45) is 0 Å². The predicted molar refractivity (Wildman–Crippen MR) is 32.5 cm³/mol. The summed E-state index contributed by atoms with van der Waals surface area (Å²) in [6.07, 6.45) is 3.25. The summed E-state index contributed by atoms with van der Waals surface area (Å²) in [5.74, 6) is 0.181. The van der Waals surface area contributed by atoms with Gasteiger partial charge in [-0.05, 0) is 6.07 Å². The van der Waals surface area contributed by atoms with Gasteiger partial charge in [0, 0.05) is 11.8 Å². The maximum Gasteiger partial charge on any atom is 0.195 e. The number of hydrogen-bond donors (Lipinski definition) is 2. The quantitative estimate of drug-likeness (QED) is 0.561. The van der Waals surface area contributed by atoms with Crippen LogP contribution in [0.15, 0.2) is 18.8 Å². The zero-order chi connectivity index (χ0) is 5.98. The molecule has 0 saturated heterocycles. The predicted octanol–water partition coefficient (Wildman–Crippen LogP) is 1.36. The number of hydrogen-bond acceptors (Lipinski definition) is 1. The first-order valence-electron chi connectivity index (χ1n) is 2.33. The normalized spacial score (nSPS) is 9.00. The van der Waals surface area contributed by atoms with Crippen LogP contribution in [-0.4, -0.2) is 10.1 Å². The third kappa shape index (κ3) is 0.601. The first kappa shape index (κ1) is 4.97. The Kier molecular flexibility index (Phi) is 1.08. The van der Waals surface area contributed by atoms with Crippen molar-refractivity contribution < 1.29 is 5.11 Å². The van der Waals surface area contributed by atoms with Crippen molar-refractivity contribution in [3.05, 3.63) is 24.4 Å². The van der Waals surface area contributed by atoms with Gasteiger partial charge in [0.15, 0.2) is 5.88 Å². The molecule has 0 fully saturated rings. The van der Waals surface area contributed by atoms with Gasteiger partial charge in [0.1, 0.15) is 0 Å².